The molecule has 2 rings (SSSR count). The van der Waals surface area contributed by atoms with Gasteiger partial charge < -0.3 is 10.2 Å². The highest BCUT2D eigenvalue weighted by atomic mass is 32.1. The predicted octanol–water partition coefficient (Wildman–Crippen LogP) is 4.15. The fourth-order valence-electron chi connectivity index (χ4n) is 2.81. The highest BCUT2D eigenvalue weighted by molar-refractivity contribution is 7.18. The van der Waals surface area contributed by atoms with E-state index in [-0.39, 0.29) is 11.8 Å². The van der Waals surface area contributed by atoms with E-state index in [0.29, 0.717) is 16.4 Å². The van der Waals surface area contributed by atoms with Gasteiger partial charge in [0.2, 0.25) is 5.91 Å². The van der Waals surface area contributed by atoms with E-state index in [1.165, 1.54) is 11.3 Å². The molecular formula is C20H30N4O2S. The van der Waals surface area contributed by atoms with Crippen LogP contribution in [0.5, 0.6) is 0 Å². The molecule has 27 heavy (non-hydrogen) atoms. The molecule has 1 N–H and O–H groups in total. The van der Waals surface area contributed by atoms with Gasteiger partial charge >= 0.3 is 0 Å². The molecule has 0 bridgehead atoms. The molecule has 0 spiro atoms. The van der Waals surface area contributed by atoms with Gasteiger partial charge in [0, 0.05) is 36.8 Å². The summed E-state index contributed by atoms with van der Waals surface area (Å²) < 4.78 is 1.96. The maximum Gasteiger partial charge on any atom is 0.264 e. The van der Waals surface area contributed by atoms with Crippen molar-refractivity contribution in [3.05, 3.63) is 33.5 Å². The number of carbonyl (C=O) groups is 2. The summed E-state index contributed by atoms with van der Waals surface area (Å²) >= 11 is 1.33. The largest absolute Gasteiger partial charge is 0.337 e. The average molecular weight is 391 g/mol. The Hall–Kier alpha value is -2.15. The predicted molar refractivity (Wildman–Crippen MR) is 110 cm³/mol. The smallest absolute Gasteiger partial charge is 0.264 e. The Labute approximate surface area is 165 Å². The molecule has 0 fully saturated rings. The molecule has 2 aromatic heterocycles. The van der Waals surface area contributed by atoms with E-state index in [2.05, 4.69) is 17.3 Å². The number of carbonyl (C=O) groups excluding carboxylic acids is 2. The summed E-state index contributed by atoms with van der Waals surface area (Å²) in [4.78, 5) is 27.5. The molecule has 7 heteroatoms. The van der Waals surface area contributed by atoms with Crippen LogP contribution in [0, 0.1) is 26.2 Å². The molecule has 6 nitrogen and oxygen atoms in total. The van der Waals surface area contributed by atoms with E-state index in [9.17, 15) is 9.59 Å². The zero-order chi connectivity index (χ0) is 20.5. The number of thiophene rings is 1. The monoisotopic (exact) mass is 390 g/mol. The van der Waals surface area contributed by atoms with E-state index in [4.69, 9.17) is 0 Å². The zero-order valence-electron chi connectivity index (χ0n) is 17.6. The summed E-state index contributed by atoms with van der Waals surface area (Å²) in [6.07, 6.45) is 0. The number of rotatable bonds is 5. The summed E-state index contributed by atoms with van der Waals surface area (Å²) in [6.45, 7) is 14.9. The minimum absolute atomic E-state index is 0.0446. The fraction of sp³-hybridized carbons (Fsp3) is 0.550. The standard InChI is InChI=1S/C20H30N4O2S/c1-9-24-14(4)15(13(3)22-24)11-23(8)18(25)17-12(2)10-16(27-17)21-19(26)20(5,6)7/h10H,9,11H2,1-8H3,(H,21,26). The highest BCUT2D eigenvalue weighted by Gasteiger charge is 2.24. The van der Waals surface area contributed by atoms with Crippen molar-refractivity contribution in [2.24, 2.45) is 5.41 Å². The van der Waals surface area contributed by atoms with Crippen molar-refractivity contribution in [1.82, 2.24) is 14.7 Å². The summed E-state index contributed by atoms with van der Waals surface area (Å²) in [6, 6.07) is 1.86. The van der Waals surface area contributed by atoms with E-state index in [1.807, 2.05) is 52.3 Å². The fourth-order valence-corrected chi connectivity index (χ4v) is 3.87. The van der Waals surface area contributed by atoms with Crippen LogP contribution in [-0.4, -0.2) is 33.5 Å². The van der Waals surface area contributed by atoms with E-state index in [0.717, 1.165) is 29.1 Å². The van der Waals surface area contributed by atoms with Gasteiger partial charge in [0.05, 0.1) is 15.6 Å². The van der Waals surface area contributed by atoms with Crippen molar-refractivity contribution in [3.63, 3.8) is 0 Å². The summed E-state index contributed by atoms with van der Waals surface area (Å²) in [5.74, 6) is -0.105. The maximum atomic E-state index is 13.0. The minimum atomic E-state index is -0.479. The quantitative estimate of drug-likeness (QED) is 0.834. The molecular weight excluding hydrogens is 360 g/mol. The molecule has 148 valence electrons. The minimum Gasteiger partial charge on any atom is -0.337 e. The highest BCUT2D eigenvalue weighted by Crippen LogP contribution is 2.30. The number of hydrogen-bond acceptors (Lipinski definition) is 4. The number of anilines is 1. The van der Waals surface area contributed by atoms with Crippen molar-refractivity contribution in [3.8, 4) is 0 Å². The SMILES string of the molecule is CCn1nc(C)c(CN(C)C(=O)c2sc(NC(=O)C(C)(C)C)cc2C)c1C. The van der Waals surface area contributed by atoms with Crippen molar-refractivity contribution >= 4 is 28.2 Å². The molecule has 2 amide bonds. The second kappa shape index (κ2) is 7.84. The molecule has 0 aliphatic rings. The normalized spacial score (nSPS) is 11.6. The Morgan fingerprint density at radius 2 is 1.89 bits per heavy atom. The molecule has 0 saturated heterocycles. The number of aromatic nitrogens is 2. The van der Waals surface area contributed by atoms with E-state index in [1.54, 1.807) is 11.9 Å². The van der Waals surface area contributed by atoms with Gasteiger partial charge in [0.1, 0.15) is 0 Å². The van der Waals surface area contributed by atoms with Crippen LogP contribution in [0.15, 0.2) is 6.07 Å². The molecule has 0 aromatic carbocycles. The van der Waals surface area contributed by atoms with Gasteiger partial charge in [-0.25, -0.2) is 0 Å². The summed E-state index contributed by atoms with van der Waals surface area (Å²) in [7, 11) is 1.80. The number of hydrogen-bond donors (Lipinski definition) is 1. The number of aryl methyl sites for hydroxylation is 3. The average Bonchev–Trinajstić information content (AvgIpc) is 3.06. The molecule has 2 heterocycles. The maximum absolute atomic E-state index is 13.0. The molecule has 0 aliphatic carbocycles. The lowest BCUT2D eigenvalue weighted by Gasteiger charge is -2.17. The zero-order valence-corrected chi connectivity index (χ0v) is 18.4. The van der Waals surface area contributed by atoms with Gasteiger partial charge in [-0.05, 0) is 39.3 Å². The van der Waals surface area contributed by atoms with Crippen LogP contribution in [0.1, 0.15) is 59.9 Å². The second-order valence-electron chi connectivity index (χ2n) is 7.95. The van der Waals surface area contributed by atoms with Crippen molar-refractivity contribution < 1.29 is 9.59 Å². The lowest BCUT2D eigenvalue weighted by molar-refractivity contribution is -0.123. The van der Waals surface area contributed by atoms with Crippen molar-refractivity contribution in [2.45, 2.75) is 61.6 Å². The third-order valence-electron chi connectivity index (χ3n) is 4.60. The van der Waals surface area contributed by atoms with Crippen LogP contribution in [0.4, 0.5) is 5.00 Å². The van der Waals surface area contributed by atoms with Crippen LogP contribution < -0.4 is 5.32 Å². The number of nitrogens with zero attached hydrogens (tertiary/aromatic N) is 3. The topological polar surface area (TPSA) is 67.2 Å². The molecule has 2 aromatic rings. The van der Waals surface area contributed by atoms with Crippen LogP contribution in [0.25, 0.3) is 0 Å². The van der Waals surface area contributed by atoms with Crippen molar-refractivity contribution in [2.75, 3.05) is 12.4 Å². The lowest BCUT2D eigenvalue weighted by Crippen LogP contribution is -2.27. The third kappa shape index (κ3) is 4.58. The van der Waals surface area contributed by atoms with Gasteiger partial charge in [0.15, 0.2) is 0 Å². The Balaban J connectivity index is 2.18. The first-order chi connectivity index (χ1) is 12.5. The Morgan fingerprint density at radius 1 is 1.26 bits per heavy atom. The van der Waals surface area contributed by atoms with E-state index >= 15 is 0 Å². The van der Waals surface area contributed by atoms with Crippen LogP contribution >= 0.6 is 11.3 Å². The third-order valence-corrected chi connectivity index (χ3v) is 5.74. The Bertz CT molecular complexity index is 858. The van der Waals surface area contributed by atoms with Crippen LogP contribution in [0.2, 0.25) is 0 Å². The molecule has 0 radical (unpaired) electrons. The molecule has 0 aliphatic heterocycles. The first-order valence-corrected chi connectivity index (χ1v) is 9.97. The molecule has 0 saturated carbocycles. The van der Waals surface area contributed by atoms with Gasteiger partial charge in [-0.1, -0.05) is 20.8 Å². The molecule has 0 atom stereocenters. The first-order valence-electron chi connectivity index (χ1n) is 9.15. The summed E-state index contributed by atoms with van der Waals surface area (Å²) in [5.41, 5.74) is 3.53. The van der Waals surface area contributed by atoms with Gasteiger partial charge in [-0.3, -0.25) is 14.3 Å². The summed E-state index contributed by atoms with van der Waals surface area (Å²) in [5, 5.41) is 8.14. The van der Waals surface area contributed by atoms with E-state index < -0.39 is 5.41 Å². The van der Waals surface area contributed by atoms with Gasteiger partial charge in [0.25, 0.3) is 5.91 Å². The van der Waals surface area contributed by atoms with Gasteiger partial charge in [-0.15, -0.1) is 11.3 Å². The molecule has 0 unspecified atom stereocenters. The Kier molecular flexibility index (Phi) is 6.14. The first kappa shape index (κ1) is 21.2. The lowest BCUT2D eigenvalue weighted by atomic mass is 9.96. The van der Waals surface area contributed by atoms with Crippen molar-refractivity contribution in [1.29, 1.82) is 0 Å². The second-order valence-corrected chi connectivity index (χ2v) is 9.01. The van der Waals surface area contributed by atoms with Crippen LogP contribution in [-0.2, 0) is 17.9 Å². The van der Waals surface area contributed by atoms with Crippen LogP contribution in [0.3, 0.4) is 0 Å². The Morgan fingerprint density at radius 3 is 2.41 bits per heavy atom. The number of amides is 2. The number of nitrogens with one attached hydrogen (secondary N) is 1. The van der Waals surface area contributed by atoms with Gasteiger partial charge in [-0.2, -0.15) is 5.10 Å².